The first-order valence-corrected chi connectivity index (χ1v) is 3.06. The number of ether oxygens (including phenoxy) is 1. The Morgan fingerprint density at radius 2 is 2.50 bits per heavy atom. The minimum absolute atomic E-state index is 0.118. The summed E-state index contributed by atoms with van der Waals surface area (Å²) in [6.45, 7) is 0. The lowest BCUT2D eigenvalue weighted by Crippen LogP contribution is -1.86. The molecule has 3 nitrogen and oxygen atoms in total. The molecule has 0 saturated carbocycles. The zero-order valence-electron chi connectivity index (χ0n) is 5.19. The molecule has 2 heterocycles. The molecule has 3 heteroatoms. The molecule has 0 radical (unpaired) electrons. The van der Waals surface area contributed by atoms with E-state index in [1.165, 1.54) is 0 Å². The second kappa shape index (κ2) is 1.95. The average molecular weight is 138 g/mol. The fourth-order valence-electron chi connectivity index (χ4n) is 0.909. The van der Waals surface area contributed by atoms with Crippen LogP contribution in [0.15, 0.2) is 22.8 Å². The maximum Gasteiger partial charge on any atom is 0.151 e. The van der Waals surface area contributed by atoms with Gasteiger partial charge in [-0.1, -0.05) is 0 Å². The van der Waals surface area contributed by atoms with Crippen molar-refractivity contribution in [3.8, 4) is 0 Å². The van der Waals surface area contributed by atoms with E-state index in [1.807, 2.05) is 0 Å². The van der Waals surface area contributed by atoms with E-state index in [2.05, 4.69) is 0 Å². The number of furan rings is 1. The van der Waals surface area contributed by atoms with Crippen LogP contribution in [0.5, 0.6) is 0 Å². The van der Waals surface area contributed by atoms with Crippen LogP contribution in [-0.4, -0.2) is 12.4 Å². The molecule has 0 spiro atoms. The van der Waals surface area contributed by atoms with Gasteiger partial charge >= 0.3 is 0 Å². The summed E-state index contributed by atoms with van der Waals surface area (Å²) in [6, 6.07) is 3.58. The summed E-state index contributed by atoms with van der Waals surface area (Å²) in [5, 5.41) is 0. The molecule has 52 valence electrons. The van der Waals surface area contributed by atoms with Crippen molar-refractivity contribution in [2.24, 2.45) is 0 Å². The number of rotatable bonds is 2. The monoisotopic (exact) mass is 138 g/mol. The zero-order chi connectivity index (χ0) is 6.97. The van der Waals surface area contributed by atoms with Crippen LogP contribution in [-0.2, 0) is 9.53 Å². The first-order chi connectivity index (χ1) is 4.92. The van der Waals surface area contributed by atoms with Gasteiger partial charge in [0.2, 0.25) is 0 Å². The molecule has 0 bridgehead atoms. The highest BCUT2D eigenvalue weighted by Crippen LogP contribution is 2.37. The van der Waals surface area contributed by atoms with Crippen molar-refractivity contribution in [1.29, 1.82) is 0 Å². The lowest BCUT2D eigenvalue weighted by Gasteiger charge is -1.81. The largest absolute Gasteiger partial charge is 0.466 e. The molecule has 1 aromatic rings. The van der Waals surface area contributed by atoms with Crippen LogP contribution in [0.2, 0.25) is 0 Å². The molecule has 2 atom stereocenters. The molecule has 1 aliphatic heterocycles. The van der Waals surface area contributed by atoms with Crippen molar-refractivity contribution >= 4 is 6.29 Å². The van der Waals surface area contributed by atoms with E-state index in [0.29, 0.717) is 0 Å². The molecule has 1 fully saturated rings. The summed E-state index contributed by atoms with van der Waals surface area (Å²) in [7, 11) is 0. The lowest BCUT2D eigenvalue weighted by atomic mass is 10.3. The Balaban J connectivity index is 2.11. The van der Waals surface area contributed by atoms with Crippen LogP contribution in [0.4, 0.5) is 0 Å². The molecule has 2 rings (SSSR count). The number of carbonyl (C=O) groups is 1. The molecular weight excluding hydrogens is 132 g/mol. The summed E-state index contributed by atoms with van der Waals surface area (Å²) in [5.41, 5.74) is 0. The summed E-state index contributed by atoms with van der Waals surface area (Å²) in [6.07, 6.45) is 1.96. The topological polar surface area (TPSA) is 42.7 Å². The summed E-state index contributed by atoms with van der Waals surface area (Å²) in [5.74, 6) is 0.733. The van der Waals surface area contributed by atoms with Gasteiger partial charge in [0.05, 0.1) is 6.26 Å². The third kappa shape index (κ3) is 0.752. The van der Waals surface area contributed by atoms with Crippen LogP contribution in [0, 0.1) is 0 Å². The van der Waals surface area contributed by atoms with Gasteiger partial charge in [-0.05, 0) is 12.1 Å². The van der Waals surface area contributed by atoms with Crippen molar-refractivity contribution < 1.29 is 13.9 Å². The minimum Gasteiger partial charge on any atom is -0.466 e. The van der Waals surface area contributed by atoms with E-state index < -0.39 is 0 Å². The maximum atomic E-state index is 10.1. The Labute approximate surface area is 57.6 Å². The van der Waals surface area contributed by atoms with Gasteiger partial charge in [0.25, 0.3) is 0 Å². The van der Waals surface area contributed by atoms with E-state index in [4.69, 9.17) is 9.15 Å². The van der Waals surface area contributed by atoms with E-state index >= 15 is 0 Å². The summed E-state index contributed by atoms with van der Waals surface area (Å²) in [4.78, 5) is 10.1. The average Bonchev–Trinajstić information content (AvgIpc) is 2.56. The van der Waals surface area contributed by atoms with Gasteiger partial charge in [-0.25, -0.2) is 0 Å². The molecule has 0 N–H and O–H groups in total. The fourth-order valence-corrected chi connectivity index (χ4v) is 0.909. The van der Waals surface area contributed by atoms with Gasteiger partial charge in [0, 0.05) is 0 Å². The quantitative estimate of drug-likeness (QED) is 0.450. The highest BCUT2D eigenvalue weighted by molar-refractivity contribution is 5.61. The maximum absolute atomic E-state index is 10.1. The Hall–Kier alpha value is -1.09. The lowest BCUT2D eigenvalue weighted by molar-refractivity contribution is -0.108. The van der Waals surface area contributed by atoms with Crippen molar-refractivity contribution in [2.75, 3.05) is 0 Å². The molecule has 0 unspecified atom stereocenters. The van der Waals surface area contributed by atoms with Crippen LogP contribution < -0.4 is 0 Å². The van der Waals surface area contributed by atoms with Crippen LogP contribution in [0.1, 0.15) is 11.9 Å². The van der Waals surface area contributed by atoms with Gasteiger partial charge in [-0.15, -0.1) is 0 Å². The van der Waals surface area contributed by atoms with Gasteiger partial charge in [-0.3, -0.25) is 0 Å². The summed E-state index contributed by atoms with van der Waals surface area (Å²) < 4.78 is 9.95. The number of hydrogen-bond acceptors (Lipinski definition) is 3. The highest BCUT2D eigenvalue weighted by atomic mass is 16.6. The SMILES string of the molecule is O=C[C@H]1O[C@H]1c1ccco1. The molecule has 0 aromatic carbocycles. The number of hydrogen-bond donors (Lipinski definition) is 0. The van der Waals surface area contributed by atoms with Crippen LogP contribution >= 0.6 is 0 Å². The molecular formula is C7H6O3. The standard InChI is InChI=1S/C7H6O3/c8-4-6-7(10-6)5-2-1-3-9-5/h1-4,6-7H/t6-,7+/m1/s1. The molecule has 1 aromatic heterocycles. The number of aldehydes is 1. The fraction of sp³-hybridized carbons (Fsp3) is 0.286. The van der Waals surface area contributed by atoms with E-state index in [-0.39, 0.29) is 12.2 Å². The molecule has 1 saturated heterocycles. The van der Waals surface area contributed by atoms with Gasteiger partial charge in [0.15, 0.2) is 6.29 Å². The molecule has 10 heavy (non-hydrogen) atoms. The minimum atomic E-state index is -0.272. The van der Waals surface area contributed by atoms with E-state index in [0.717, 1.165) is 12.0 Å². The third-order valence-electron chi connectivity index (χ3n) is 1.48. The van der Waals surface area contributed by atoms with E-state index in [9.17, 15) is 4.79 Å². The second-order valence-electron chi connectivity index (χ2n) is 2.17. The molecule has 1 aliphatic rings. The van der Waals surface area contributed by atoms with Gasteiger partial charge < -0.3 is 13.9 Å². The zero-order valence-corrected chi connectivity index (χ0v) is 5.19. The van der Waals surface area contributed by atoms with Gasteiger partial charge in [-0.2, -0.15) is 0 Å². The third-order valence-corrected chi connectivity index (χ3v) is 1.48. The van der Waals surface area contributed by atoms with E-state index in [1.54, 1.807) is 18.4 Å². The predicted octanol–water partition coefficient (Wildman–Crippen LogP) is 0.918. The van der Waals surface area contributed by atoms with Crippen molar-refractivity contribution in [3.05, 3.63) is 24.2 Å². The Kier molecular flexibility index (Phi) is 1.11. The first kappa shape index (κ1) is 5.68. The van der Waals surface area contributed by atoms with Crippen molar-refractivity contribution in [3.63, 3.8) is 0 Å². The first-order valence-electron chi connectivity index (χ1n) is 3.06. The molecule has 0 amide bonds. The number of carbonyl (C=O) groups excluding carboxylic acids is 1. The highest BCUT2D eigenvalue weighted by Gasteiger charge is 2.42. The normalized spacial score (nSPS) is 30.0. The van der Waals surface area contributed by atoms with Gasteiger partial charge in [0.1, 0.15) is 18.0 Å². The van der Waals surface area contributed by atoms with Crippen molar-refractivity contribution in [1.82, 2.24) is 0 Å². The summed E-state index contributed by atoms with van der Waals surface area (Å²) >= 11 is 0. The van der Waals surface area contributed by atoms with Crippen LogP contribution in [0.3, 0.4) is 0 Å². The second-order valence-corrected chi connectivity index (χ2v) is 2.17. The Bertz CT molecular complexity index is 227. The Morgan fingerprint density at radius 3 is 3.00 bits per heavy atom. The molecule has 0 aliphatic carbocycles. The predicted molar refractivity (Wildman–Crippen MR) is 32.4 cm³/mol. The van der Waals surface area contributed by atoms with Crippen LogP contribution in [0.25, 0.3) is 0 Å². The smallest absolute Gasteiger partial charge is 0.151 e. The number of epoxide rings is 1. The van der Waals surface area contributed by atoms with Crippen molar-refractivity contribution in [2.45, 2.75) is 12.2 Å². The Morgan fingerprint density at radius 1 is 1.60 bits per heavy atom.